The first-order valence-corrected chi connectivity index (χ1v) is 12.1. The van der Waals surface area contributed by atoms with Crippen molar-refractivity contribution in [3.63, 3.8) is 0 Å². The second-order valence-electron chi connectivity index (χ2n) is 8.85. The van der Waals surface area contributed by atoms with Crippen LogP contribution >= 0.6 is 0 Å². The molecule has 2 aliphatic carbocycles. The van der Waals surface area contributed by atoms with Gasteiger partial charge in [0.15, 0.2) is 9.92 Å². The highest BCUT2D eigenvalue weighted by molar-refractivity contribution is 7.91. The van der Waals surface area contributed by atoms with Crippen molar-refractivity contribution in [2.24, 2.45) is 5.92 Å². The lowest BCUT2D eigenvalue weighted by Crippen LogP contribution is -2.34. The van der Waals surface area contributed by atoms with Crippen LogP contribution in [0.5, 0.6) is 0 Å². The molecule has 31 heavy (non-hydrogen) atoms. The number of fused-ring (bicyclic) bond motifs is 1. The van der Waals surface area contributed by atoms with Gasteiger partial charge in [0.1, 0.15) is 5.60 Å². The van der Waals surface area contributed by atoms with Crippen LogP contribution in [-0.2, 0) is 28.4 Å². The van der Waals surface area contributed by atoms with Crippen molar-refractivity contribution in [2.75, 3.05) is 11.9 Å². The SMILES string of the molecule is C[C@@H](c1ccc2c(c1NC(=O)NS(=N)(=O)c1cc(C(C)(O)CO)co1)CCC2)C1CC1. The van der Waals surface area contributed by atoms with E-state index < -0.39 is 28.2 Å². The second kappa shape index (κ2) is 7.96. The molecular formula is C22H29N3O5S. The Kier molecular flexibility index (Phi) is 5.61. The van der Waals surface area contributed by atoms with E-state index in [9.17, 15) is 19.2 Å². The van der Waals surface area contributed by atoms with Crippen LogP contribution in [0.1, 0.15) is 61.3 Å². The molecule has 1 fully saturated rings. The van der Waals surface area contributed by atoms with Gasteiger partial charge in [-0.1, -0.05) is 19.1 Å². The third-order valence-corrected chi connectivity index (χ3v) is 7.65. The van der Waals surface area contributed by atoms with Gasteiger partial charge in [-0.05, 0) is 67.6 Å². The predicted molar refractivity (Wildman–Crippen MR) is 116 cm³/mol. The average molecular weight is 448 g/mol. The standard InChI is InChI=1S/C22H29N3O5S/c1-13(14-6-7-14)17-9-8-15-4-3-5-18(15)20(17)24-21(27)25-31(23,29)19-10-16(11-30-19)22(2,28)12-26/h8-11,13-14,26,28H,3-7,12H2,1-2H3,(H3,23,24,25,27,29)/t13-,22?,31?/m1/s1. The Hall–Kier alpha value is -2.36. The van der Waals surface area contributed by atoms with E-state index in [0.717, 1.165) is 42.3 Å². The molecule has 0 radical (unpaired) electrons. The van der Waals surface area contributed by atoms with Gasteiger partial charge in [0.2, 0.25) is 5.09 Å². The molecule has 0 bridgehead atoms. The third-order valence-electron chi connectivity index (χ3n) is 6.40. The average Bonchev–Trinajstić information content (AvgIpc) is 3.23. The summed E-state index contributed by atoms with van der Waals surface area (Å²) in [4.78, 5) is 12.8. The van der Waals surface area contributed by atoms with E-state index in [-0.39, 0.29) is 10.7 Å². The summed E-state index contributed by atoms with van der Waals surface area (Å²) in [6.07, 6.45) is 6.37. The largest absolute Gasteiger partial charge is 0.452 e. The number of carbonyl (C=O) groups is 1. The quantitative estimate of drug-likeness (QED) is 0.442. The highest BCUT2D eigenvalue weighted by Gasteiger charge is 2.33. The van der Waals surface area contributed by atoms with Gasteiger partial charge < -0.3 is 19.9 Å². The number of nitrogens with one attached hydrogen (secondary N) is 3. The number of urea groups is 1. The monoisotopic (exact) mass is 447 g/mol. The summed E-state index contributed by atoms with van der Waals surface area (Å²) >= 11 is 0. The van der Waals surface area contributed by atoms with Crippen molar-refractivity contribution in [2.45, 2.75) is 62.6 Å². The maximum atomic E-state index is 12.8. The number of anilines is 1. The third kappa shape index (κ3) is 4.35. The maximum absolute atomic E-state index is 12.8. The first-order valence-electron chi connectivity index (χ1n) is 10.6. The zero-order valence-electron chi connectivity index (χ0n) is 17.7. The van der Waals surface area contributed by atoms with Crippen molar-refractivity contribution >= 4 is 21.6 Å². The molecule has 9 heteroatoms. The lowest BCUT2D eigenvalue weighted by Gasteiger charge is -2.20. The Morgan fingerprint density at radius 3 is 2.81 bits per heavy atom. The predicted octanol–water partition coefficient (Wildman–Crippen LogP) is 3.62. The number of aliphatic hydroxyl groups excluding tert-OH is 1. The summed E-state index contributed by atoms with van der Waals surface area (Å²) < 4.78 is 28.4. The van der Waals surface area contributed by atoms with Crippen LogP contribution in [0.3, 0.4) is 0 Å². The molecule has 168 valence electrons. The Balaban J connectivity index is 1.56. The van der Waals surface area contributed by atoms with Crippen molar-refractivity contribution in [3.05, 3.63) is 46.7 Å². The summed E-state index contributed by atoms with van der Waals surface area (Å²) in [5, 5.41) is 22.0. The fraction of sp³-hybridized carbons (Fsp3) is 0.500. The Labute approximate surface area is 182 Å². The van der Waals surface area contributed by atoms with E-state index in [1.54, 1.807) is 0 Å². The minimum Gasteiger partial charge on any atom is -0.452 e. The van der Waals surface area contributed by atoms with Gasteiger partial charge in [0.25, 0.3) is 0 Å². The van der Waals surface area contributed by atoms with Crippen LogP contribution in [0.4, 0.5) is 10.5 Å². The molecule has 1 aromatic carbocycles. The summed E-state index contributed by atoms with van der Waals surface area (Å²) in [6.45, 7) is 2.97. The van der Waals surface area contributed by atoms with Crippen LogP contribution < -0.4 is 10.0 Å². The van der Waals surface area contributed by atoms with Gasteiger partial charge in [-0.2, -0.15) is 0 Å². The highest BCUT2D eigenvalue weighted by Crippen LogP contribution is 2.46. The molecule has 2 unspecified atom stereocenters. The summed E-state index contributed by atoms with van der Waals surface area (Å²) in [5.74, 6) is 0.930. The molecule has 0 aliphatic heterocycles. The summed E-state index contributed by atoms with van der Waals surface area (Å²) in [5.41, 5.74) is 2.76. The van der Waals surface area contributed by atoms with E-state index >= 15 is 0 Å². The minimum atomic E-state index is -3.80. The smallest absolute Gasteiger partial charge is 0.332 e. The Bertz CT molecular complexity index is 1100. The van der Waals surface area contributed by atoms with E-state index in [1.807, 2.05) is 0 Å². The van der Waals surface area contributed by atoms with E-state index in [1.165, 1.54) is 31.4 Å². The van der Waals surface area contributed by atoms with Crippen LogP contribution in [0.15, 0.2) is 34.0 Å². The molecule has 2 aliphatic rings. The van der Waals surface area contributed by atoms with Crippen LogP contribution in [0.25, 0.3) is 0 Å². The summed E-state index contributed by atoms with van der Waals surface area (Å²) in [7, 11) is -3.80. The van der Waals surface area contributed by atoms with Crippen molar-refractivity contribution in [1.29, 1.82) is 4.78 Å². The molecule has 5 N–H and O–H groups in total. The van der Waals surface area contributed by atoms with Gasteiger partial charge in [-0.3, -0.25) is 0 Å². The zero-order valence-corrected chi connectivity index (χ0v) is 18.6. The molecule has 1 aromatic heterocycles. The maximum Gasteiger partial charge on any atom is 0.332 e. The number of aliphatic hydroxyl groups is 2. The number of amides is 2. The number of benzene rings is 1. The van der Waals surface area contributed by atoms with Crippen LogP contribution in [0, 0.1) is 10.7 Å². The molecule has 2 aromatic rings. The molecule has 3 atom stereocenters. The topological polar surface area (TPSA) is 136 Å². The lowest BCUT2D eigenvalue weighted by atomic mass is 9.91. The second-order valence-corrected chi connectivity index (χ2v) is 10.6. The molecule has 2 amide bonds. The molecule has 0 spiro atoms. The molecule has 4 rings (SSSR count). The first-order chi connectivity index (χ1) is 14.6. The zero-order chi connectivity index (χ0) is 22.4. The van der Waals surface area contributed by atoms with E-state index in [0.29, 0.717) is 11.8 Å². The number of rotatable bonds is 7. The normalized spacial score (nSPS) is 20.4. The molecule has 1 heterocycles. The number of aryl methyl sites for hydroxylation is 1. The number of furan rings is 1. The number of hydrogen-bond donors (Lipinski definition) is 5. The minimum absolute atomic E-state index is 0.175. The Morgan fingerprint density at radius 1 is 1.39 bits per heavy atom. The van der Waals surface area contributed by atoms with Gasteiger partial charge in [0.05, 0.1) is 12.9 Å². The van der Waals surface area contributed by atoms with Gasteiger partial charge >= 0.3 is 6.03 Å². The van der Waals surface area contributed by atoms with E-state index in [4.69, 9.17) is 9.20 Å². The van der Waals surface area contributed by atoms with Crippen molar-refractivity contribution in [1.82, 2.24) is 4.72 Å². The lowest BCUT2D eigenvalue weighted by molar-refractivity contribution is -0.00272. The summed E-state index contributed by atoms with van der Waals surface area (Å²) in [6, 6.07) is 4.70. The fourth-order valence-electron chi connectivity index (χ4n) is 4.22. The number of carbonyl (C=O) groups excluding carboxylic acids is 1. The number of hydrogen-bond acceptors (Lipinski definition) is 6. The molecular weight excluding hydrogens is 418 g/mol. The van der Waals surface area contributed by atoms with Crippen LogP contribution in [-0.4, -0.2) is 27.1 Å². The van der Waals surface area contributed by atoms with Gasteiger partial charge in [-0.15, -0.1) is 0 Å². The highest BCUT2D eigenvalue weighted by atomic mass is 32.2. The Morgan fingerprint density at radius 2 is 2.13 bits per heavy atom. The molecule has 1 saturated carbocycles. The molecule has 0 saturated heterocycles. The first kappa shape index (κ1) is 21.9. The van der Waals surface area contributed by atoms with Crippen LogP contribution in [0.2, 0.25) is 0 Å². The van der Waals surface area contributed by atoms with Gasteiger partial charge in [0, 0.05) is 17.3 Å². The van der Waals surface area contributed by atoms with Gasteiger partial charge in [-0.25, -0.2) is 18.5 Å². The van der Waals surface area contributed by atoms with E-state index in [2.05, 4.69) is 29.1 Å². The van der Waals surface area contributed by atoms with Crippen molar-refractivity contribution < 1.29 is 23.6 Å². The fourth-order valence-corrected chi connectivity index (χ4v) is 5.11. The molecule has 8 nitrogen and oxygen atoms in total. The van der Waals surface area contributed by atoms with Crippen molar-refractivity contribution in [3.8, 4) is 0 Å².